The molecule has 0 saturated carbocycles. The Morgan fingerprint density at radius 1 is 1.35 bits per heavy atom. The minimum atomic E-state index is 0.541. The van der Waals surface area contributed by atoms with E-state index in [1.807, 2.05) is 12.3 Å². The molecule has 88 valence electrons. The summed E-state index contributed by atoms with van der Waals surface area (Å²) in [5, 5.41) is 8.25. The Balaban J connectivity index is 2.03. The van der Waals surface area contributed by atoms with Crippen molar-refractivity contribution in [3.63, 3.8) is 0 Å². The van der Waals surface area contributed by atoms with Gasteiger partial charge in [0, 0.05) is 29.9 Å². The number of hydrogen-bond acceptors (Lipinski definition) is 3. The monoisotopic (exact) mass is 227 g/mol. The van der Waals surface area contributed by atoms with E-state index in [9.17, 15) is 0 Å². The van der Waals surface area contributed by atoms with Crippen LogP contribution in [0.5, 0.6) is 0 Å². The van der Waals surface area contributed by atoms with Crippen LogP contribution in [-0.2, 0) is 0 Å². The van der Waals surface area contributed by atoms with Gasteiger partial charge in [0.1, 0.15) is 0 Å². The second-order valence-corrected chi connectivity index (χ2v) is 4.66. The highest BCUT2D eigenvalue weighted by molar-refractivity contribution is 5.93. The lowest BCUT2D eigenvalue weighted by atomic mass is 10.1. The summed E-state index contributed by atoms with van der Waals surface area (Å²) in [6.45, 7) is 4.31. The van der Waals surface area contributed by atoms with Crippen molar-refractivity contribution >= 4 is 16.6 Å². The van der Waals surface area contributed by atoms with Gasteiger partial charge in [-0.2, -0.15) is 0 Å². The second kappa shape index (κ2) is 4.34. The molecule has 0 radical (unpaired) electrons. The van der Waals surface area contributed by atoms with Crippen molar-refractivity contribution < 1.29 is 0 Å². The average molecular weight is 227 g/mol. The van der Waals surface area contributed by atoms with Gasteiger partial charge in [-0.05, 0) is 43.7 Å². The lowest BCUT2D eigenvalue weighted by molar-refractivity contribution is 0.793. The first-order valence-electron chi connectivity index (χ1n) is 6.16. The lowest BCUT2D eigenvalue weighted by Gasteiger charge is -2.17. The molecule has 0 unspecified atom stereocenters. The molecule has 1 aromatic heterocycles. The van der Waals surface area contributed by atoms with Gasteiger partial charge in [0.25, 0.3) is 0 Å². The lowest BCUT2D eigenvalue weighted by Crippen LogP contribution is -2.22. The van der Waals surface area contributed by atoms with E-state index in [2.05, 4.69) is 40.7 Å². The second-order valence-electron chi connectivity index (χ2n) is 4.66. The maximum Gasteiger partial charge on any atom is 0.0722 e. The zero-order valence-corrected chi connectivity index (χ0v) is 10.0. The maximum absolute atomic E-state index is 4.40. The van der Waals surface area contributed by atoms with Crippen LogP contribution in [0, 0.1) is 6.92 Å². The predicted octanol–water partition coefficient (Wildman–Crippen LogP) is 2.32. The number of aryl methyl sites for hydroxylation is 1. The molecule has 2 aromatic rings. The van der Waals surface area contributed by atoms with E-state index in [0.29, 0.717) is 6.04 Å². The van der Waals surface area contributed by atoms with Crippen molar-refractivity contribution in [2.45, 2.75) is 19.4 Å². The molecule has 1 fully saturated rings. The summed E-state index contributed by atoms with van der Waals surface area (Å²) in [6, 6.07) is 8.90. The van der Waals surface area contributed by atoms with Crippen molar-refractivity contribution in [3.05, 3.63) is 36.0 Å². The van der Waals surface area contributed by atoms with Crippen LogP contribution in [0.15, 0.2) is 30.5 Å². The number of benzene rings is 1. The predicted molar refractivity (Wildman–Crippen MR) is 71.4 cm³/mol. The fourth-order valence-corrected chi connectivity index (χ4v) is 2.43. The van der Waals surface area contributed by atoms with Gasteiger partial charge >= 0.3 is 0 Å². The summed E-state index contributed by atoms with van der Waals surface area (Å²) < 4.78 is 0. The minimum absolute atomic E-state index is 0.541. The fourth-order valence-electron chi connectivity index (χ4n) is 2.43. The van der Waals surface area contributed by atoms with Crippen LogP contribution in [0.4, 0.5) is 5.69 Å². The molecule has 0 bridgehead atoms. The zero-order chi connectivity index (χ0) is 11.7. The molecule has 2 N–H and O–H groups in total. The van der Waals surface area contributed by atoms with Crippen LogP contribution < -0.4 is 10.6 Å². The summed E-state index contributed by atoms with van der Waals surface area (Å²) in [7, 11) is 0. The summed E-state index contributed by atoms with van der Waals surface area (Å²) in [5.74, 6) is 0. The number of pyridine rings is 1. The van der Waals surface area contributed by atoms with Gasteiger partial charge in [0.05, 0.1) is 5.52 Å². The van der Waals surface area contributed by atoms with Gasteiger partial charge < -0.3 is 10.6 Å². The molecule has 3 heteroatoms. The molecule has 0 amide bonds. The first-order chi connectivity index (χ1) is 8.34. The van der Waals surface area contributed by atoms with Crippen molar-refractivity contribution in [2.24, 2.45) is 0 Å². The van der Waals surface area contributed by atoms with Gasteiger partial charge in [-0.15, -0.1) is 0 Å². The van der Waals surface area contributed by atoms with E-state index in [1.165, 1.54) is 23.1 Å². The first-order valence-corrected chi connectivity index (χ1v) is 6.16. The molecule has 1 aromatic carbocycles. The largest absolute Gasteiger partial charge is 0.380 e. The van der Waals surface area contributed by atoms with E-state index >= 15 is 0 Å². The van der Waals surface area contributed by atoms with Gasteiger partial charge in [0.2, 0.25) is 0 Å². The highest BCUT2D eigenvalue weighted by Crippen LogP contribution is 2.27. The van der Waals surface area contributed by atoms with Crippen molar-refractivity contribution in [1.29, 1.82) is 0 Å². The maximum atomic E-state index is 4.40. The molecular weight excluding hydrogens is 210 g/mol. The minimum Gasteiger partial charge on any atom is -0.380 e. The van der Waals surface area contributed by atoms with E-state index in [-0.39, 0.29) is 0 Å². The van der Waals surface area contributed by atoms with Crippen molar-refractivity contribution in [1.82, 2.24) is 10.3 Å². The summed E-state index contributed by atoms with van der Waals surface area (Å²) >= 11 is 0. The number of anilines is 1. The molecule has 1 aliphatic heterocycles. The Kier molecular flexibility index (Phi) is 2.69. The summed E-state index contributed by atoms with van der Waals surface area (Å²) in [6.07, 6.45) is 3.04. The summed E-state index contributed by atoms with van der Waals surface area (Å²) in [4.78, 5) is 4.40. The quantitative estimate of drug-likeness (QED) is 0.826. The third kappa shape index (κ3) is 1.98. The number of hydrogen-bond donors (Lipinski definition) is 2. The molecule has 2 heterocycles. The van der Waals surface area contributed by atoms with E-state index in [1.54, 1.807) is 0 Å². The van der Waals surface area contributed by atoms with Crippen LogP contribution in [0.3, 0.4) is 0 Å². The van der Waals surface area contributed by atoms with Gasteiger partial charge in [-0.25, -0.2) is 0 Å². The van der Waals surface area contributed by atoms with E-state index in [4.69, 9.17) is 0 Å². The Labute approximate surface area is 101 Å². The topological polar surface area (TPSA) is 37.0 Å². The third-order valence-electron chi connectivity index (χ3n) is 3.40. The number of fused-ring (bicyclic) bond motifs is 1. The molecule has 1 aliphatic rings. The summed E-state index contributed by atoms with van der Waals surface area (Å²) in [5.41, 5.74) is 3.59. The fraction of sp³-hybridized carbons (Fsp3) is 0.357. The Hall–Kier alpha value is -1.61. The molecule has 0 aliphatic carbocycles. The molecule has 1 saturated heterocycles. The number of nitrogens with zero attached hydrogens (tertiary/aromatic N) is 1. The van der Waals surface area contributed by atoms with Crippen LogP contribution in [0.1, 0.15) is 12.0 Å². The van der Waals surface area contributed by atoms with Crippen LogP contribution in [-0.4, -0.2) is 24.1 Å². The van der Waals surface area contributed by atoms with Gasteiger partial charge in [-0.1, -0.05) is 6.07 Å². The Bertz CT molecular complexity index is 530. The average Bonchev–Trinajstić information content (AvgIpc) is 2.86. The van der Waals surface area contributed by atoms with Crippen LogP contribution in [0.25, 0.3) is 10.9 Å². The SMILES string of the molecule is Cc1ccc2ncccc2c1N[C@H]1CCNC1. The van der Waals surface area contributed by atoms with Crippen molar-refractivity contribution in [3.8, 4) is 0 Å². The van der Waals surface area contributed by atoms with Crippen LogP contribution >= 0.6 is 0 Å². The normalized spacial score (nSPS) is 19.7. The molecule has 0 spiro atoms. The molecule has 1 atom stereocenters. The number of nitrogens with one attached hydrogen (secondary N) is 2. The Morgan fingerprint density at radius 3 is 3.12 bits per heavy atom. The highest BCUT2D eigenvalue weighted by Gasteiger charge is 2.16. The van der Waals surface area contributed by atoms with Crippen molar-refractivity contribution in [2.75, 3.05) is 18.4 Å². The zero-order valence-electron chi connectivity index (χ0n) is 10.0. The molecule has 3 rings (SSSR count). The van der Waals surface area contributed by atoms with E-state index in [0.717, 1.165) is 18.6 Å². The smallest absolute Gasteiger partial charge is 0.0722 e. The standard InChI is InChI=1S/C14H17N3/c1-10-4-5-13-12(3-2-7-16-13)14(10)17-11-6-8-15-9-11/h2-5,7,11,15,17H,6,8-9H2,1H3/t11-/m0/s1. The third-order valence-corrected chi connectivity index (χ3v) is 3.40. The van der Waals surface area contributed by atoms with Gasteiger partial charge in [-0.3, -0.25) is 4.98 Å². The van der Waals surface area contributed by atoms with Gasteiger partial charge in [0.15, 0.2) is 0 Å². The highest BCUT2D eigenvalue weighted by atomic mass is 15.0. The molecular formula is C14H17N3. The molecule has 17 heavy (non-hydrogen) atoms. The van der Waals surface area contributed by atoms with Crippen LogP contribution in [0.2, 0.25) is 0 Å². The Morgan fingerprint density at radius 2 is 2.29 bits per heavy atom. The first kappa shape index (κ1) is 10.5. The number of rotatable bonds is 2. The number of aromatic nitrogens is 1. The molecule has 3 nitrogen and oxygen atoms in total. The van der Waals surface area contributed by atoms with E-state index < -0.39 is 0 Å².